The quantitative estimate of drug-likeness (QED) is 0.909. The van der Waals surface area contributed by atoms with Crippen LogP contribution in [0.5, 0.6) is 0 Å². The lowest BCUT2D eigenvalue weighted by molar-refractivity contribution is -0.114. The highest BCUT2D eigenvalue weighted by Gasteiger charge is 2.40. The van der Waals surface area contributed by atoms with Crippen molar-refractivity contribution in [3.63, 3.8) is 0 Å². The molecular formula is C19H23N3O2. The van der Waals surface area contributed by atoms with E-state index < -0.39 is 0 Å². The molecule has 2 N–H and O–H groups in total. The number of aliphatic hydroxyl groups is 1. The van der Waals surface area contributed by atoms with E-state index in [9.17, 15) is 9.90 Å². The number of nitrogens with one attached hydrogen (secondary N) is 1. The van der Waals surface area contributed by atoms with Crippen molar-refractivity contribution in [2.45, 2.75) is 32.4 Å². The topological polar surface area (TPSA) is 65.5 Å². The van der Waals surface area contributed by atoms with E-state index in [1.165, 1.54) is 6.92 Å². The lowest BCUT2D eigenvalue weighted by atomic mass is 10.0. The van der Waals surface area contributed by atoms with Crippen LogP contribution in [0.4, 0.5) is 5.69 Å². The van der Waals surface area contributed by atoms with E-state index >= 15 is 0 Å². The maximum Gasteiger partial charge on any atom is 0.221 e. The number of hydrogen-bond donors (Lipinski definition) is 2. The molecule has 1 aliphatic carbocycles. The van der Waals surface area contributed by atoms with Crippen LogP contribution in [-0.2, 0) is 11.3 Å². The second-order valence-corrected chi connectivity index (χ2v) is 7.23. The number of fused-ring (bicyclic) bond motifs is 2. The molecule has 3 atom stereocenters. The summed E-state index contributed by atoms with van der Waals surface area (Å²) in [7, 11) is 0. The Balaban J connectivity index is 1.46. The Kier molecular flexibility index (Phi) is 3.98. The number of rotatable bonds is 3. The smallest absolute Gasteiger partial charge is 0.221 e. The molecule has 2 heterocycles. The number of aliphatic hydroxyl groups excluding tert-OH is 1. The van der Waals surface area contributed by atoms with Crippen molar-refractivity contribution in [2.24, 2.45) is 11.8 Å². The van der Waals surface area contributed by atoms with Crippen molar-refractivity contribution < 1.29 is 9.90 Å². The molecule has 1 unspecified atom stereocenters. The van der Waals surface area contributed by atoms with E-state index in [1.807, 2.05) is 18.2 Å². The van der Waals surface area contributed by atoms with E-state index in [0.717, 1.165) is 54.8 Å². The maximum absolute atomic E-state index is 11.2. The average molecular weight is 325 g/mol. The van der Waals surface area contributed by atoms with Crippen molar-refractivity contribution >= 4 is 22.5 Å². The molecule has 2 fully saturated rings. The first-order valence-electron chi connectivity index (χ1n) is 8.64. The number of amides is 1. The minimum atomic E-state index is -0.0845. The molecule has 126 valence electrons. The van der Waals surface area contributed by atoms with E-state index in [4.69, 9.17) is 4.98 Å². The molecule has 1 aromatic carbocycles. The Morgan fingerprint density at radius 1 is 1.25 bits per heavy atom. The molecule has 4 rings (SSSR count). The second-order valence-electron chi connectivity index (χ2n) is 7.23. The van der Waals surface area contributed by atoms with Gasteiger partial charge >= 0.3 is 0 Å². The van der Waals surface area contributed by atoms with Gasteiger partial charge in [0.2, 0.25) is 5.91 Å². The zero-order chi connectivity index (χ0) is 16.7. The minimum Gasteiger partial charge on any atom is -0.393 e. The monoisotopic (exact) mass is 325 g/mol. The zero-order valence-electron chi connectivity index (χ0n) is 13.9. The number of anilines is 1. The van der Waals surface area contributed by atoms with Crippen LogP contribution in [-0.4, -0.2) is 40.1 Å². The zero-order valence-corrected chi connectivity index (χ0v) is 13.9. The van der Waals surface area contributed by atoms with Gasteiger partial charge in [-0.2, -0.15) is 0 Å². The van der Waals surface area contributed by atoms with Crippen molar-refractivity contribution in [2.75, 3.05) is 18.4 Å². The highest BCUT2D eigenvalue weighted by atomic mass is 16.3. The molecule has 0 bridgehead atoms. The molecular weight excluding hydrogens is 302 g/mol. The second kappa shape index (κ2) is 6.15. The van der Waals surface area contributed by atoms with Gasteiger partial charge in [-0.1, -0.05) is 6.07 Å². The molecule has 1 amide bonds. The third-order valence-electron chi connectivity index (χ3n) is 5.25. The fourth-order valence-corrected chi connectivity index (χ4v) is 4.26. The Morgan fingerprint density at radius 2 is 2.00 bits per heavy atom. The van der Waals surface area contributed by atoms with Crippen LogP contribution in [0.3, 0.4) is 0 Å². The minimum absolute atomic E-state index is 0.0661. The van der Waals surface area contributed by atoms with Gasteiger partial charge in [0.05, 0.1) is 17.3 Å². The van der Waals surface area contributed by atoms with Gasteiger partial charge in [-0.3, -0.25) is 14.7 Å². The molecule has 5 heteroatoms. The largest absolute Gasteiger partial charge is 0.393 e. The van der Waals surface area contributed by atoms with Gasteiger partial charge in [-0.05, 0) is 48.9 Å². The Labute approximate surface area is 141 Å². The summed E-state index contributed by atoms with van der Waals surface area (Å²) in [5.41, 5.74) is 2.84. The summed E-state index contributed by atoms with van der Waals surface area (Å²) in [5.74, 6) is 1.24. The average Bonchev–Trinajstić information content (AvgIpc) is 3.03. The Morgan fingerprint density at radius 3 is 2.71 bits per heavy atom. The summed E-state index contributed by atoms with van der Waals surface area (Å²) in [4.78, 5) is 18.4. The standard InChI is InChI=1S/C19H23N3O2/c1-12(23)20-16-4-5-19-13(6-16)2-3-17(21-19)11-22-9-14-7-18(24)8-15(14)10-22/h2-6,14-15,18,24H,7-11H2,1H3,(H,20,23)/t14-,15+,18?. The van der Waals surface area contributed by atoms with Crippen molar-refractivity contribution in [3.8, 4) is 0 Å². The van der Waals surface area contributed by atoms with Gasteiger partial charge in [0.25, 0.3) is 0 Å². The van der Waals surface area contributed by atoms with E-state index in [2.05, 4.69) is 22.3 Å². The van der Waals surface area contributed by atoms with Crippen molar-refractivity contribution in [1.29, 1.82) is 0 Å². The fraction of sp³-hybridized carbons (Fsp3) is 0.474. The molecule has 1 saturated heterocycles. The highest BCUT2D eigenvalue weighted by Crippen LogP contribution is 2.38. The number of aromatic nitrogens is 1. The first-order chi connectivity index (χ1) is 11.6. The number of hydrogen-bond acceptors (Lipinski definition) is 4. The van der Waals surface area contributed by atoms with Gasteiger partial charge in [0.1, 0.15) is 0 Å². The summed E-state index contributed by atoms with van der Waals surface area (Å²) < 4.78 is 0. The summed E-state index contributed by atoms with van der Waals surface area (Å²) in [6.45, 7) is 4.52. The van der Waals surface area contributed by atoms with Crippen LogP contribution >= 0.6 is 0 Å². The van der Waals surface area contributed by atoms with Crippen LogP contribution in [0.25, 0.3) is 10.9 Å². The summed E-state index contributed by atoms with van der Waals surface area (Å²) in [5, 5.41) is 13.6. The molecule has 0 radical (unpaired) electrons. The normalized spacial score (nSPS) is 26.7. The van der Waals surface area contributed by atoms with E-state index in [1.54, 1.807) is 0 Å². The maximum atomic E-state index is 11.2. The van der Waals surface area contributed by atoms with Crippen molar-refractivity contribution in [1.82, 2.24) is 9.88 Å². The van der Waals surface area contributed by atoms with Crippen LogP contribution in [0.15, 0.2) is 30.3 Å². The van der Waals surface area contributed by atoms with Gasteiger partial charge in [0.15, 0.2) is 0 Å². The first-order valence-corrected chi connectivity index (χ1v) is 8.64. The third kappa shape index (κ3) is 3.14. The fourth-order valence-electron chi connectivity index (χ4n) is 4.26. The predicted molar refractivity (Wildman–Crippen MR) is 93.5 cm³/mol. The lowest BCUT2D eigenvalue weighted by Gasteiger charge is -2.17. The molecule has 1 aliphatic heterocycles. The SMILES string of the molecule is CC(=O)Nc1ccc2nc(CN3C[C@H]4CC(O)C[C@H]4C3)ccc2c1. The molecule has 2 aromatic rings. The first kappa shape index (κ1) is 15.5. The number of benzene rings is 1. The number of likely N-dealkylation sites (tertiary alicyclic amines) is 1. The molecule has 0 spiro atoms. The summed E-state index contributed by atoms with van der Waals surface area (Å²) in [6.07, 6.45) is 1.83. The van der Waals surface area contributed by atoms with Crippen molar-refractivity contribution in [3.05, 3.63) is 36.0 Å². The van der Waals surface area contributed by atoms with Crippen LogP contribution in [0, 0.1) is 11.8 Å². The van der Waals surface area contributed by atoms with Gasteiger partial charge in [-0.25, -0.2) is 0 Å². The predicted octanol–water partition coefficient (Wildman–Crippen LogP) is 2.40. The molecule has 5 nitrogen and oxygen atoms in total. The summed E-state index contributed by atoms with van der Waals surface area (Å²) in [6, 6.07) is 9.95. The molecule has 2 aliphatic rings. The number of carbonyl (C=O) groups is 1. The van der Waals surface area contributed by atoms with Gasteiger partial charge in [-0.15, -0.1) is 0 Å². The lowest BCUT2D eigenvalue weighted by Crippen LogP contribution is -2.23. The van der Waals surface area contributed by atoms with Crippen LogP contribution < -0.4 is 5.32 Å². The Bertz CT molecular complexity index is 762. The Hall–Kier alpha value is -1.98. The number of carbonyl (C=O) groups excluding carboxylic acids is 1. The molecule has 1 aromatic heterocycles. The number of nitrogens with zero attached hydrogens (tertiary/aromatic N) is 2. The molecule has 24 heavy (non-hydrogen) atoms. The van der Waals surface area contributed by atoms with Crippen LogP contribution in [0.2, 0.25) is 0 Å². The van der Waals surface area contributed by atoms with Gasteiger partial charge < -0.3 is 10.4 Å². The highest BCUT2D eigenvalue weighted by molar-refractivity contribution is 5.92. The van der Waals surface area contributed by atoms with E-state index in [0.29, 0.717) is 11.8 Å². The molecule has 1 saturated carbocycles. The van der Waals surface area contributed by atoms with Crippen LogP contribution in [0.1, 0.15) is 25.5 Å². The third-order valence-corrected chi connectivity index (χ3v) is 5.25. The number of pyridine rings is 1. The van der Waals surface area contributed by atoms with E-state index in [-0.39, 0.29) is 12.0 Å². The van der Waals surface area contributed by atoms with Gasteiger partial charge in [0, 0.05) is 37.6 Å². The summed E-state index contributed by atoms with van der Waals surface area (Å²) >= 11 is 0.